The molecule has 4 amide bonds. The molecule has 8 N–H and O–H groups in total. The molecule has 22 heteroatoms. The number of thiazole rings is 1. The average molecular weight is 721 g/mol. The van der Waals surface area contributed by atoms with E-state index in [1.165, 1.54) is 30.2 Å². The number of benzene rings is 1. The Labute approximate surface area is 283 Å². The number of rotatable bonds is 12. The van der Waals surface area contributed by atoms with Gasteiger partial charge in [-0.15, -0.1) is 11.3 Å². The second kappa shape index (κ2) is 12.8. The van der Waals surface area contributed by atoms with Crippen LogP contribution in [0.25, 0.3) is 0 Å². The lowest BCUT2D eigenvalue weighted by Gasteiger charge is -2.40. The minimum atomic E-state index is -2.01. The fraction of sp³-hybridized carbons (Fsp3) is 0.370. The summed E-state index contributed by atoms with van der Waals surface area (Å²) >= 11 is 1.74. The highest BCUT2D eigenvalue weighted by Crippen LogP contribution is 2.52. The van der Waals surface area contributed by atoms with Crippen LogP contribution in [-0.4, -0.2) is 128 Å². The van der Waals surface area contributed by atoms with Crippen LogP contribution in [0.15, 0.2) is 33.9 Å². The number of nitrogen functional groups attached to an aromatic ring is 1. The maximum atomic E-state index is 13.4. The van der Waals surface area contributed by atoms with Gasteiger partial charge < -0.3 is 41.1 Å². The van der Waals surface area contributed by atoms with Crippen molar-refractivity contribution in [2.45, 2.75) is 36.1 Å². The van der Waals surface area contributed by atoms with Gasteiger partial charge in [0.1, 0.15) is 5.69 Å². The normalized spacial score (nSPS) is 22.5. The van der Waals surface area contributed by atoms with E-state index in [2.05, 4.69) is 20.7 Å². The molecule has 0 spiro atoms. The predicted molar refractivity (Wildman–Crippen MR) is 167 cm³/mol. The molecule has 3 fully saturated rings. The summed E-state index contributed by atoms with van der Waals surface area (Å²) in [5.41, 5.74) is 4.95. The molecule has 3 atom stereocenters. The highest BCUT2D eigenvalue weighted by atomic mass is 32.2. The van der Waals surface area contributed by atoms with Crippen molar-refractivity contribution in [1.82, 2.24) is 25.2 Å². The number of Topliss-reactive ketones (excluding diaryl/α,β-unsaturated/α-hetero) is 1. The summed E-state index contributed by atoms with van der Waals surface area (Å²) in [6, 6.07) is 2.21. The van der Waals surface area contributed by atoms with Crippen molar-refractivity contribution >= 4 is 75.2 Å². The lowest BCUT2D eigenvalue weighted by Crippen LogP contribution is -2.60. The number of nitrogens with zero attached hydrogens (tertiary/aromatic N) is 6. The van der Waals surface area contributed by atoms with Gasteiger partial charge in [-0.3, -0.25) is 24.7 Å². The van der Waals surface area contributed by atoms with Crippen LogP contribution in [0.3, 0.4) is 0 Å². The summed E-state index contributed by atoms with van der Waals surface area (Å²) in [6.45, 7) is 1.56. The van der Waals surface area contributed by atoms with Crippen LogP contribution in [0.1, 0.15) is 31.5 Å². The van der Waals surface area contributed by atoms with Gasteiger partial charge in [0.15, 0.2) is 33.8 Å². The molecule has 3 aliphatic heterocycles. The number of amides is 4. The number of aromatic nitrogens is 1. The average Bonchev–Trinajstić information content (AvgIpc) is 3.74. The van der Waals surface area contributed by atoms with E-state index in [9.17, 15) is 54.4 Å². The summed E-state index contributed by atoms with van der Waals surface area (Å²) in [7, 11) is 0. The number of carboxylic acids is 2. The first kappa shape index (κ1) is 34.7. The van der Waals surface area contributed by atoms with Gasteiger partial charge in [0.2, 0.25) is 16.4 Å². The number of phenols is 2. The Balaban J connectivity index is 1.31. The maximum Gasteiger partial charge on any atom is 0.350 e. The number of carbonyl (C=O) groups is 6. The number of nitrogens with two attached hydrogens (primary N) is 1. The first-order chi connectivity index (χ1) is 23.0. The lowest BCUT2D eigenvalue weighted by molar-refractivity contribution is -0.161. The molecular formula is C27H28N8O12S2. The van der Waals surface area contributed by atoms with Crippen LogP contribution in [0, 0.1) is 5.92 Å². The number of phenolic OH excluding ortho intramolecular Hbond substituents is 2. The minimum Gasteiger partial charge on any atom is -0.504 e. The van der Waals surface area contributed by atoms with Crippen LogP contribution in [0.5, 0.6) is 11.5 Å². The minimum absolute atomic E-state index is 0.0160. The number of aliphatic carboxylic acids is 2. The number of β-lactam (4-membered cyclic amide) rings is 1. The van der Waals surface area contributed by atoms with Crippen LogP contribution < -0.4 is 11.2 Å². The molecule has 0 radical (unpaired) electrons. The first-order valence-corrected chi connectivity index (χ1v) is 15.9. The Kier molecular flexibility index (Phi) is 9.03. The number of carbonyl (C=O) groups excluding carboxylic acids is 4. The Morgan fingerprint density at radius 3 is 2.45 bits per heavy atom. The van der Waals surface area contributed by atoms with Gasteiger partial charge in [-0.2, -0.15) is 0 Å². The molecule has 1 unspecified atom stereocenters. The first-order valence-electron chi connectivity index (χ1n) is 14.1. The van der Waals surface area contributed by atoms with Crippen molar-refractivity contribution in [3.63, 3.8) is 0 Å². The van der Waals surface area contributed by atoms with Gasteiger partial charge in [-0.25, -0.2) is 24.4 Å². The number of aromatic hydroxyl groups is 2. The number of carboxylic acid groups (broad SMARTS) is 2. The molecule has 2 aromatic rings. The highest BCUT2D eigenvalue weighted by Gasteiger charge is 2.66. The molecule has 0 aliphatic carbocycles. The molecule has 1 aromatic heterocycles. The quantitative estimate of drug-likeness (QED) is 0.0484. The molecule has 1 aromatic carbocycles. The molecule has 0 bridgehead atoms. The van der Waals surface area contributed by atoms with Crippen molar-refractivity contribution in [1.29, 1.82) is 0 Å². The number of ketones is 1. The highest BCUT2D eigenvalue weighted by molar-refractivity contribution is 8.02. The van der Waals surface area contributed by atoms with Gasteiger partial charge >= 0.3 is 18.0 Å². The monoisotopic (exact) mass is 720 g/mol. The third-order valence-electron chi connectivity index (χ3n) is 7.85. The van der Waals surface area contributed by atoms with E-state index in [1.54, 1.807) is 0 Å². The zero-order valence-corrected chi connectivity index (χ0v) is 27.1. The number of nitrogens with one attached hydrogen (secondary N) is 1. The number of hydrogen-bond donors (Lipinski definition) is 7. The van der Waals surface area contributed by atoms with Crippen LogP contribution in [0.4, 0.5) is 9.93 Å². The molecule has 3 aliphatic rings. The Bertz CT molecular complexity index is 1830. The largest absolute Gasteiger partial charge is 0.504 e. The van der Waals surface area contributed by atoms with E-state index in [1.807, 2.05) is 0 Å². The second-order valence-corrected chi connectivity index (χ2v) is 13.7. The summed E-state index contributed by atoms with van der Waals surface area (Å²) < 4.78 is 0. The Morgan fingerprint density at radius 2 is 1.86 bits per heavy atom. The summed E-state index contributed by atoms with van der Waals surface area (Å²) in [5, 5.41) is 56.5. The molecular weight excluding hydrogens is 692 g/mol. The molecule has 49 heavy (non-hydrogen) atoms. The van der Waals surface area contributed by atoms with Crippen molar-refractivity contribution in [3.8, 4) is 11.5 Å². The summed E-state index contributed by atoms with van der Waals surface area (Å²) in [6.07, 6.45) is -0.484. The number of urea groups is 1. The van der Waals surface area contributed by atoms with Gasteiger partial charge in [0.05, 0.1) is 24.4 Å². The Morgan fingerprint density at radius 1 is 1.14 bits per heavy atom. The van der Waals surface area contributed by atoms with Crippen molar-refractivity contribution in [3.05, 3.63) is 34.8 Å². The molecule has 4 heterocycles. The number of hydrogen-bond acceptors (Lipinski definition) is 16. The van der Waals surface area contributed by atoms with E-state index < -0.39 is 93.2 Å². The van der Waals surface area contributed by atoms with Crippen molar-refractivity contribution < 1.29 is 59.2 Å². The number of fused-ring (bicyclic) bond motifs is 1. The van der Waals surface area contributed by atoms with Crippen LogP contribution >= 0.6 is 23.1 Å². The SMILES string of the molecule is CC(C)(O/N=C(\C(=O)CC1C(=O)N2C[C@@](C(=O)O)(N3CCN(NC(=O)/C(=N\O)c4ccc(O)c(O)c4)C3=O)S[C@H]12)c1csc(N)n1)C(=O)O. The van der Waals surface area contributed by atoms with Crippen molar-refractivity contribution in [2.24, 2.45) is 16.2 Å². The standard InChI is InChI=1S/C27H28N8O12S2/c1-26(2,22(41)42)47-32-18(13-9-48-24(28)29-13)16(38)8-12-20(40)33-10-27(23(43)44,49-21(12)33)34-5-6-35(25(34)45)30-19(39)17(31-46)11-3-4-14(36)15(37)7-11/h3-4,7,9,12,21,36-37,46H,5-6,8,10H2,1-2H3,(H2,28,29)(H,30,39)(H,41,42)(H,43,44)/b31-17-,32-18-/t12?,21-,27-/m1/s1. The maximum absolute atomic E-state index is 13.4. The molecule has 3 saturated heterocycles. The topological polar surface area (TPSA) is 298 Å². The third kappa shape index (κ3) is 6.22. The predicted octanol–water partition coefficient (Wildman–Crippen LogP) is -0.361. The molecule has 260 valence electrons. The van der Waals surface area contributed by atoms with E-state index in [4.69, 9.17) is 10.6 Å². The second-order valence-electron chi connectivity index (χ2n) is 11.4. The van der Waals surface area contributed by atoms with E-state index in [-0.39, 0.29) is 29.5 Å². The zero-order chi connectivity index (χ0) is 36.0. The van der Waals surface area contributed by atoms with E-state index in [0.29, 0.717) is 0 Å². The zero-order valence-electron chi connectivity index (χ0n) is 25.5. The van der Waals surface area contributed by atoms with Crippen LogP contribution in [0.2, 0.25) is 0 Å². The molecule has 5 rings (SSSR count). The third-order valence-corrected chi connectivity index (χ3v) is 10.3. The Hall–Kier alpha value is -5.64. The van der Waals surface area contributed by atoms with Crippen molar-refractivity contribution in [2.75, 3.05) is 25.4 Å². The number of hydrazine groups is 1. The number of anilines is 1. The van der Waals surface area contributed by atoms with Gasteiger partial charge in [0, 0.05) is 23.9 Å². The molecule has 20 nitrogen and oxygen atoms in total. The number of thioether (sulfide) groups is 1. The van der Waals surface area contributed by atoms with E-state index in [0.717, 1.165) is 45.1 Å². The summed E-state index contributed by atoms with van der Waals surface area (Å²) in [5.74, 6) is -7.42. The van der Waals surface area contributed by atoms with E-state index >= 15 is 0 Å². The van der Waals surface area contributed by atoms with Crippen LogP contribution in [-0.2, 0) is 28.8 Å². The van der Waals surface area contributed by atoms with Gasteiger partial charge in [0.25, 0.3) is 5.91 Å². The number of oxime groups is 2. The van der Waals surface area contributed by atoms with Gasteiger partial charge in [-0.1, -0.05) is 22.1 Å². The summed E-state index contributed by atoms with van der Waals surface area (Å²) in [4.78, 5) is 86.5. The smallest absolute Gasteiger partial charge is 0.350 e. The lowest BCUT2D eigenvalue weighted by atomic mass is 9.90. The fourth-order valence-electron chi connectivity index (χ4n) is 5.14. The van der Waals surface area contributed by atoms with Gasteiger partial charge in [-0.05, 0) is 32.0 Å². The fourth-order valence-corrected chi connectivity index (χ4v) is 7.38. The molecule has 0 saturated carbocycles.